The van der Waals surface area contributed by atoms with E-state index in [0.29, 0.717) is 34.9 Å². The van der Waals surface area contributed by atoms with Crippen LogP contribution in [0, 0.1) is 0 Å². The van der Waals surface area contributed by atoms with Crippen LogP contribution in [-0.2, 0) is 16.1 Å². The van der Waals surface area contributed by atoms with E-state index >= 15 is 0 Å². The van der Waals surface area contributed by atoms with E-state index in [1.807, 2.05) is 48.5 Å². The van der Waals surface area contributed by atoms with Crippen molar-refractivity contribution < 1.29 is 24.2 Å². The van der Waals surface area contributed by atoms with Gasteiger partial charge < -0.3 is 14.7 Å². The van der Waals surface area contributed by atoms with Gasteiger partial charge in [0.2, 0.25) is 0 Å². The van der Waals surface area contributed by atoms with E-state index in [9.17, 15) is 19.5 Å². The normalized spacial score (nSPS) is 19.3. The minimum atomic E-state index is -1.12. The lowest BCUT2D eigenvalue weighted by Gasteiger charge is -2.37. The third-order valence-electron chi connectivity index (χ3n) is 6.12. The van der Waals surface area contributed by atoms with Crippen LogP contribution in [0.25, 0.3) is 6.08 Å². The number of amides is 2. The van der Waals surface area contributed by atoms with E-state index in [4.69, 9.17) is 4.74 Å². The molecule has 1 N–H and O–H groups in total. The minimum Gasteiger partial charge on any atom is -0.477 e. The van der Waals surface area contributed by atoms with Crippen LogP contribution in [0.1, 0.15) is 21.5 Å². The summed E-state index contributed by atoms with van der Waals surface area (Å²) in [4.78, 5) is 40.6. The predicted molar refractivity (Wildman–Crippen MR) is 132 cm³/mol. The second-order valence-electron chi connectivity index (χ2n) is 8.27. The van der Waals surface area contributed by atoms with Gasteiger partial charge in [-0.1, -0.05) is 48.5 Å². The summed E-state index contributed by atoms with van der Waals surface area (Å²) in [7, 11) is 0. The summed E-state index contributed by atoms with van der Waals surface area (Å²) < 4.78 is 6.14. The Morgan fingerprint density at radius 2 is 1.74 bits per heavy atom. The molecule has 1 atom stereocenters. The van der Waals surface area contributed by atoms with Crippen LogP contribution in [-0.4, -0.2) is 33.2 Å². The molecule has 1 saturated heterocycles. The van der Waals surface area contributed by atoms with Crippen molar-refractivity contribution in [1.82, 2.24) is 4.90 Å². The van der Waals surface area contributed by atoms with E-state index in [1.165, 1.54) is 22.1 Å². The summed E-state index contributed by atoms with van der Waals surface area (Å²) in [6.45, 7) is 0.349. The summed E-state index contributed by atoms with van der Waals surface area (Å²) in [5, 5.41) is 10.4. The van der Waals surface area contributed by atoms with Gasteiger partial charge in [0.1, 0.15) is 16.8 Å². The van der Waals surface area contributed by atoms with Gasteiger partial charge in [0, 0.05) is 5.41 Å². The number of para-hydroxylation sites is 1. The maximum Gasteiger partial charge on any atom is 0.353 e. The first kappa shape index (κ1) is 21.2. The summed E-state index contributed by atoms with van der Waals surface area (Å²) >= 11 is 1.29. The largest absolute Gasteiger partial charge is 0.477 e. The van der Waals surface area contributed by atoms with Gasteiger partial charge in [-0.15, -0.1) is 11.8 Å². The Balaban J connectivity index is 1.39. The fourth-order valence-corrected chi connectivity index (χ4v) is 5.51. The molecule has 0 radical (unpaired) electrons. The lowest BCUT2D eigenvalue weighted by molar-refractivity contribution is -0.141. The Morgan fingerprint density at radius 3 is 2.54 bits per heavy atom. The highest BCUT2D eigenvalue weighted by molar-refractivity contribution is 8.03. The monoisotopic (exact) mass is 482 g/mol. The van der Waals surface area contributed by atoms with Crippen molar-refractivity contribution in [3.63, 3.8) is 0 Å². The number of ether oxygens (including phenoxy) is 1. The molecule has 35 heavy (non-hydrogen) atoms. The molecule has 0 saturated carbocycles. The SMILES string of the molecule is O=C(O)C1=CS[C@@H]2/C(=C/c3ccc4c(c3)N(Cc3ccccc3)C(=O)c3ccccc3O4)C(=O)N12. The van der Waals surface area contributed by atoms with Crippen molar-refractivity contribution in [2.24, 2.45) is 0 Å². The zero-order chi connectivity index (χ0) is 24.1. The van der Waals surface area contributed by atoms with Crippen LogP contribution >= 0.6 is 11.8 Å². The highest BCUT2D eigenvalue weighted by Gasteiger charge is 2.49. The summed E-state index contributed by atoms with van der Waals surface area (Å²) in [5.74, 6) is -0.609. The molecule has 1 fully saturated rings. The average Bonchev–Trinajstić information content (AvgIpc) is 3.23. The number of carbonyl (C=O) groups excluding carboxylic acids is 2. The minimum absolute atomic E-state index is 0.00474. The van der Waals surface area contributed by atoms with Crippen molar-refractivity contribution in [1.29, 1.82) is 0 Å². The Labute approximate surface area is 204 Å². The Kier molecular flexibility index (Phi) is 4.96. The molecule has 3 aromatic carbocycles. The van der Waals surface area contributed by atoms with Crippen LogP contribution in [0.2, 0.25) is 0 Å². The van der Waals surface area contributed by atoms with E-state index in [2.05, 4.69) is 0 Å². The number of carboxylic acid groups (broad SMARTS) is 1. The van der Waals surface area contributed by atoms with E-state index < -0.39 is 5.97 Å². The number of carboxylic acids is 1. The molecule has 3 heterocycles. The van der Waals surface area contributed by atoms with Crippen LogP contribution in [0.3, 0.4) is 0 Å². The molecule has 0 spiro atoms. The molecule has 0 aromatic heterocycles. The van der Waals surface area contributed by atoms with Crippen molar-refractivity contribution in [2.75, 3.05) is 4.90 Å². The number of fused-ring (bicyclic) bond motifs is 3. The first-order chi connectivity index (χ1) is 17.0. The van der Waals surface area contributed by atoms with Crippen molar-refractivity contribution in [3.8, 4) is 11.5 Å². The van der Waals surface area contributed by atoms with Gasteiger partial charge in [0.25, 0.3) is 11.8 Å². The van der Waals surface area contributed by atoms with Crippen LogP contribution in [0.15, 0.2) is 89.5 Å². The molecule has 172 valence electrons. The van der Waals surface area contributed by atoms with Crippen molar-refractivity contribution in [3.05, 3.63) is 106 Å². The van der Waals surface area contributed by atoms with Crippen LogP contribution in [0.5, 0.6) is 11.5 Å². The molecule has 0 bridgehead atoms. The second-order valence-corrected chi connectivity index (χ2v) is 9.23. The number of rotatable bonds is 4. The van der Waals surface area contributed by atoms with Crippen molar-refractivity contribution >= 4 is 41.3 Å². The fraction of sp³-hybridized carbons (Fsp3) is 0.0741. The number of thioether (sulfide) groups is 1. The quantitative estimate of drug-likeness (QED) is 0.422. The first-order valence-electron chi connectivity index (χ1n) is 10.9. The number of aliphatic carboxylic acids is 1. The third-order valence-corrected chi connectivity index (χ3v) is 7.20. The molecule has 6 rings (SSSR count). The Bertz CT molecular complexity index is 1460. The smallest absolute Gasteiger partial charge is 0.353 e. The zero-order valence-corrected chi connectivity index (χ0v) is 19.1. The summed E-state index contributed by atoms with van der Waals surface area (Å²) in [6.07, 6.45) is 1.75. The maximum atomic E-state index is 13.6. The maximum absolute atomic E-state index is 13.6. The summed E-state index contributed by atoms with van der Waals surface area (Å²) in [5.41, 5.74) is 3.26. The van der Waals surface area contributed by atoms with Gasteiger partial charge >= 0.3 is 5.97 Å². The number of hydrogen-bond acceptors (Lipinski definition) is 5. The van der Waals surface area contributed by atoms with E-state index in [-0.39, 0.29) is 22.9 Å². The lowest BCUT2D eigenvalue weighted by atomic mass is 10.0. The number of anilines is 1. The van der Waals surface area contributed by atoms with Gasteiger partial charge in [0.05, 0.1) is 23.4 Å². The highest BCUT2D eigenvalue weighted by Crippen LogP contribution is 2.46. The lowest BCUT2D eigenvalue weighted by Crippen LogP contribution is -2.51. The van der Waals surface area contributed by atoms with Crippen LogP contribution < -0.4 is 9.64 Å². The number of hydrogen-bond donors (Lipinski definition) is 1. The molecule has 8 heteroatoms. The molecule has 2 amide bonds. The van der Waals surface area contributed by atoms with E-state index in [1.54, 1.807) is 35.2 Å². The number of benzene rings is 3. The van der Waals surface area contributed by atoms with Crippen molar-refractivity contribution in [2.45, 2.75) is 11.9 Å². The van der Waals surface area contributed by atoms with E-state index in [0.717, 1.165) is 11.1 Å². The Hall–Kier alpha value is -4.30. The predicted octanol–water partition coefficient (Wildman–Crippen LogP) is 4.86. The number of β-lactam (4-membered cyclic amide) rings is 1. The highest BCUT2D eigenvalue weighted by atomic mass is 32.2. The molecule has 7 nitrogen and oxygen atoms in total. The average molecular weight is 483 g/mol. The molecular formula is C27H18N2O5S. The third kappa shape index (κ3) is 3.50. The summed E-state index contributed by atoms with van der Waals surface area (Å²) in [6, 6.07) is 22.3. The zero-order valence-electron chi connectivity index (χ0n) is 18.3. The fourth-order valence-electron chi connectivity index (χ4n) is 4.40. The standard InChI is InChI=1S/C27H18N2O5S/c30-24-18-8-4-5-9-22(18)34-23-11-10-17(13-20(23)28(24)14-16-6-2-1-3-7-16)12-19-25(31)29-21(27(32)33)15-35-26(19)29/h1-13,15,26H,14H2,(H,32,33)/b19-12+/t26-/m1/s1. The topological polar surface area (TPSA) is 87.1 Å². The number of nitrogens with zero attached hydrogens (tertiary/aromatic N) is 2. The first-order valence-corrected chi connectivity index (χ1v) is 11.9. The molecule has 0 unspecified atom stereocenters. The van der Waals surface area contributed by atoms with Gasteiger partial charge in [-0.3, -0.25) is 14.5 Å². The van der Waals surface area contributed by atoms with Gasteiger partial charge in [-0.2, -0.15) is 0 Å². The van der Waals surface area contributed by atoms with Gasteiger partial charge in [-0.05, 0) is 41.5 Å². The van der Waals surface area contributed by atoms with Gasteiger partial charge in [0.15, 0.2) is 5.75 Å². The number of carbonyl (C=O) groups is 3. The van der Waals surface area contributed by atoms with Gasteiger partial charge in [-0.25, -0.2) is 4.79 Å². The molecule has 3 aliphatic rings. The molecule has 0 aliphatic carbocycles. The second kappa shape index (κ2) is 8.18. The molecule has 3 aromatic rings. The molecule has 3 aliphatic heterocycles. The molecular weight excluding hydrogens is 464 g/mol. The Morgan fingerprint density at radius 1 is 0.971 bits per heavy atom. The van der Waals surface area contributed by atoms with Crippen LogP contribution in [0.4, 0.5) is 5.69 Å².